The van der Waals surface area contributed by atoms with Crippen molar-refractivity contribution in [3.05, 3.63) is 10.6 Å². The predicted molar refractivity (Wildman–Crippen MR) is 145 cm³/mol. The van der Waals surface area contributed by atoms with Crippen molar-refractivity contribution in [1.29, 1.82) is 0 Å². The second kappa shape index (κ2) is 10.3. The molecule has 0 spiro atoms. The predicted octanol–water partition coefficient (Wildman–Crippen LogP) is 4.21. The second-order valence-corrected chi connectivity index (χ2v) is 11.8. The summed E-state index contributed by atoms with van der Waals surface area (Å²) in [6.45, 7) is 11.2. The molecule has 0 aromatic carbocycles. The van der Waals surface area contributed by atoms with Crippen LogP contribution in [-0.4, -0.2) is 61.1 Å². The Morgan fingerprint density at radius 1 is 1.08 bits per heavy atom. The van der Waals surface area contributed by atoms with Crippen molar-refractivity contribution in [2.75, 3.05) is 23.4 Å². The smallest absolute Gasteiger partial charge is 0.384 e. The van der Waals surface area contributed by atoms with E-state index in [4.69, 9.17) is 24.1 Å². The minimum absolute atomic E-state index is 0.0713. The zero-order valence-corrected chi connectivity index (χ0v) is 22.9. The average Bonchev–Trinajstić information content (AvgIpc) is 3.45. The Kier molecular flexibility index (Phi) is 6.88. The maximum atomic E-state index is 11.7. The third-order valence-corrected chi connectivity index (χ3v) is 9.15. The summed E-state index contributed by atoms with van der Waals surface area (Å²) in [5, 5.41) is 10.0. The Hall–Kier alpha value is -2.95. The van der Waals surface area contributed by atoms with Gasteiger partial charge in [-0.1, -0.05) is 26.2 Å². The SMILES string of the molecule is CC1CCC(Cn2c(N3CCO[C@@H](C)[C@H]3C)nc3nc(-c4n[nH]c(=O)o4)nc(N[C@H](C)C4CCC4)c32)CC1. The molecule has 0 radical (unpaired) electrons. The highest BCUT2D eigenvalue weighted by atomic mass is 16.5. The highest BCUT2D eigenvalue weighted by Gasteiger charge is 2.33. The maximum absolute atomic E-state index is 11.7. The van der Waals surface area contributed by atoms with Crippen molar-refractivity contribution in [1.82, 2.24) is 29.7 Å². The summed E-state index contributed by atoms with van der Waals surface area (Å²) in [7, 11) is 0. The molecule has 2 aliphatic carbocycles. The first kappa shape index (κ1) is 25.3. The normalized spacial score (nSPS) is 27.4. The minimum atomic E-state index is -0.630. The topological polar surface area (TPSA) is 127 Å². The molecule has 0 unspecified atom stereocenters. The van der Waals surface area contributed by atoms with Gasteiger partial charge < -0.3 is 23.9 Å². The number of fused-ring (bicyclic) bond motifs is 1. The fourth-order valence-corrected chi connectivity index (χ4v) is 6.20. The van der Waals surface area contributed by atoms with Gasteiger partial charge in [-0.2, -0.15) is 4.98 Å². The molecule has 3 aliphatic rings. The summed E-state index contributed by atoms with van der Waals surface area (Å²) in [4.78, 5) is 28.8. The van der Waals surface area contributed by atoms with E-state index in [1.165, 1.54) is 44.9 Å². The molecule has 6 rings (SSSR count). The summed E-state index contributed by atoms with van der Waals surface area (Å²) in [6.07, 6.45) is 8.77. The minimum Gasteiger partial charge on any atom is -0.384 e. The Morgan fingerprint density at radius 3 is 2.55 bits per heavy atom. The van der Waals surface area contributed by atoms with Gasteiger partial charge in [0.25, 0.3) is 5.89 Å². The van der Waals surface area contributed by atoms with E-state index in [1.807, 2.05) is 0 Å². The molecule has 2 saturated carbocycles. The first-order chi connectivity index (χ1) is 18.4. The number of morpholine rings is 1. The van der Waals surface area contributed by atoms with E-state index in [1.54, 1.807) is 0 Å². The van der Waals surface area contributed by atoms with Crippen LogP contribution >= 0.6 is 0 Å². The third kappa shape index (κ3) is 4.81. The number of aromatic amines is 1. The van der Waals surface area contributed by atoms with Crippen LogP contribution in [0.25, 0.3) is 22.9 Å². The third-order valence-electron chi connectivity index (χ3n) is 9.15. The highest BCUT2D eigenvalue weighted by molar-refractivity contribution is 5.87. The number of rotatable bonds is 7. The van der Waals surface area contributed by atoms with E-state index in [-0.39, 0.29) is 29.9 Å². The molecule has 3 fully saturated rings. The molecule has 11 nitrogen and oxygen atoms in total. The number of hydrogen-bond acceptors (Lipinski definition) is 9. The van der Waals surface area contributed by atoms with Crippen molar-refractivity contribution in [2.24, 2.45) is 17.8 Å². The number of ether oxygens (including phenoxy) is 1. The van der Waals surface area contributed by atoms with Gasteiger partial charge in [0.15, 0.2) is 11.5 Å². The van der Waals surface area contributed by atoms with Crippen molar-refractivity contribution < 1.29 is 9.15 Å². The molecular formula is C27H40N8O3. The van der Waals surface area contributed by atoms with Gasteiger partial charge in [-0.25, -0.2) is 19.9 Å². The molecule has 206 valence electrons. The number of nitrogens with zero attached hydrogens (tertiary/aromatic N) is 6. The van der Waals surface area contributed by atoms with Crippen LogP contribution in [0.15, 0.2) is 9.21 Å². The van der Waals surface area contributed by atoms with Gasteiger partial charge in [-0.05, 0) is 64.2 Å². The lowest BCUT2D eigenvalue weighted by atomic mass is 9.80. The van der Waals surface area contributed by atoms with E-state index >= 15 is 0 Å². The standard InChI is InChI=1S/C27H40N8O3/c1-15-8-10-19(11-9-15)14-35-21-22(28-16(2)20-6-5-7-20)29-24(25-32-33-27(36)38-25)30-23(21)31-26(35)34-12-13-37-18(4)17(34)3/h15-20H,5-14H2,1-4H3,(H,33,36)(H,28,29,30)/t15?,16-,17-,18+,19?/m1/s1. The largest absolute Gasteiger partial charge is 0.434 e. The number of H-pyrrole nitrogens is 1. The van der Waals surface area contributed by atoms with Gasteiger partial charge in [0.1, 0.15) is 5.52 Å². The molecule has 2 N–H and O–H groups in total. The number of hydrogen-bond donors (Lipinski definition) is 2. The van der Waals surface area contributed by atoms with Crippen LogP contribution in [0, 0.1) is 17.8 Å². The number of anilines is 2. The monoisotopic (exact) mass is 524 g/mol. The molecule has 3 atom stereocenters. The zero-order chi connectivity index (χ0) is 26.4. The highest BCUT2D eigenvalue weighted by Crippen LogP contribution is 2.37. The summed E-state index contributed by atoms with van der Waals surface area (Å²) in [5.74, 6) is 3.32. The van der Waals surface area contributed by atoms with Crippen LogP contribution in [0.4, 0.5) is 11.8 Å². The lowest BCUT2D eigenvalue weighted by Crippen LogP contribution is -2.49. The molecule has 1 saturated heterocycles. The summed E-state index contributed by atoms with van der Waals surface area (Å²) < 4.78 is 13.5. The van der Waals surface area contributed by atoms with Gasteiger partial charge in [-0.15, -0.1) is 5.10 Å². The zero-order valence-electron chi connectivity index (χ0n) is 22.9. The molecule has 38 heavy (non-hydrogen) atoms. The van der Waals surface area contributed by atoms with Gasteiger partial charge in [0, 0.05) is 19.1 Å². The van der Waals surface area contributed by atoms with E-state index in [2.05, 4.69) is 52.7 Å². The van der Waals surface area contributed by atoms with Crippen molar-refractivity contribution in [2.45, 2.75) is 97.4 Å². The molecule has 3 aromatic heterocycles. The van der Waals surface area contributed by atoms with Gasteiger partial charge in [0.05, 0.1) is 18.8 Å². The van der Waals surface area contributed by atoms with Crippen molar-refractivity contribution >= 4 is 22.9 Å². The fourth-order valence-electron chi connectivity index (χ4n) is 6.20. The van der Waals surface area contributed by atoms with E-state index < -0.39 is 5.76 Å². The van der Waals surface area contributed by atoms with Crippen LogP contribution in [0.3, 0.4) is 0 Å². The second-order valence-electron chi connectivity index (χ2n) is 11.8. The molecular weight excluding hydrogens is 484 g/mol. The Bertz CT molecular complexity index is 1320. The van der Waals surface area contributed by atoms with E-state index in [9.17, 15) is 4.79 Å². The molecule has 0 bridgehead atoms. The van der Waals surface area contributed by atoms with Crippen LogP contribution in [0.5, 0.6) is 0 Å². The van der Waals surface area contributed by atoms with Crippen LogP contribution < -0.4 is 16.0 Å². The first-order valence-electron chi connectivity index (χ1n) is 14.4. The van der Waals surface area contributed by atoms with Crippen LogP contribution in [-0.2, 0) is 11.3 Å². The number of nitrogens with one attached hydrogen (secondary N) is 2. The summed E-state index contributed by atoms with van der Waals surface area (Å²) in [6, 6.07) is 0.429. The molecule has 4 heterocycles. The van der Waals surface area contributed by atoms with Crippen LogP contribution in [0.1, 0.15) is 72.6 Å². The van der Waals surface area contributed by atoms with Crippen molar-refractivity contribution in [3.8, 4) is 11.7 Å². The Labute approximate surface area is 222 Å². The maximum Gasteiger partial charge on any atom is 0.434 e. The first-order valence-corrected chi connectivity index (χ1v) is 14.4. The van der Waals surface area contributed by atoms with Gasteiger partial charge >= 0.3 is 5.76 Å². The molecule has 3 aromatic rings. The molecule has 0 amide bonds. The number of imidazole rings is 1. The van der Waals surface area contributed by atoms with Crippen LogP contribution in [0.2, 0.25) is 0 Å². The molecule has 11 heteroatoms. The Balaban J connectivity index is 1.49. The van der Waals surface area contributed by atoms with Gasteiger partial charge in [0.2, 0.25) is 11.8 Å². The fraction of sp³-hybridized carbons (Fsp3) is 0.741. The Morgan fingerprint density at radius 2 is 1.87 bits per heavy atom. The lowest BCUT2D eigenvalue weighted by Gasteiger charge is -2.39. The average molecular weight is 525 g/mol. The summed E-state index contributed by atoms with van der Waals surface area (Å²) in [5.41, 5.74) is 1.51. The van der Waals surface area contributed by atoms with E-state index in [0.29, 0.717) is 24.1 Å². The van der Waals surface area contributed by atoms with Gasteiger partial charge in [-0.3, -0.25) is 0 Å². The molecule has 1 aliphatic heterocycles. The summed E-state index contributed by atoms with van der Waals surface area (Å²) >= 11 is 0. The van der Waals surface area contributed by atoms with Crippen molar-refractivity contribution in [3.63, 3.8) is 0 Å². The van der Waals surface area contributed by atoms with E-state index in [0.717, 1.165) is 36.3 Å². The number of aromatic nitrogens is 6. The quantitative estimate of drug-likeness (QED) is 0.467. The lowest BCUT2D eigenvalue weighted by molar-refractivity contribution is 0.0274.